The van der Waals surface area contributed by atoms with Crippen molar-refractivity contribution in [2.75, 3.05) is 44.3 Å². The highest BCUT2D eigenvalue weighted by Crippen LogP contribution is 2.41. The molecule has 3 aromatic rings. The van der Waals surface area contributed by atoms with Crippen LogP contribution in [0.5, 0.6) is 0 Å². The highest BCUT2D eigenvalue weighted by atomic mass is 32.1. The molecular weight excluding hydrogens is 408 g/mol. The zero-order valence-electron chi connectivity index (χ0n) is 18.0. The van der Waals surface area contributed by atoms with Crippen molar-refractivity contribution in [3.05, 3.63) is 34.7 Å². The number of ether oxygens (including phenoxy) is 1. The molecule has 31 heavy (non-hydrogen) atoms. The van der Waals surface area contributed by atoms with Gasteiger partial charge in [0.1, 0.15) is 16.5 Å². The van der Waals surface area contributed by atoms with E-state index >= 15 is 0 Å². The van der Waals surface area contributed by atoms with Crippen molar-refractivity contribution in [3.63, 3.8) is 0 Å². The number of fused-ring (bicyclic) bond motifs is 3. The van der Waals surface area contributed by atoms with Crippen LogP contribution >= 0.6 is 11.3 Å². The first-order valence-corrected chi connectivity index (χ1v) is 12.5. The predicted octanol–water partition coefficient (Wildman–Crippen LogP) is 3.44. The van der Waals surface area contributed by atoms with E-state index in [9.17, 15) is 0 Å². The number of anilines is 1. The maximum Gasteiger partial charge on any atom is 0.146 e. The van der Waals surface area contributed by atoms with Crippen LogP contribution in [-0.4, -0.2) is 64.0 Å². The zero-order chi connectivity index (χ0) is 20.6. The van der Waals surface area contributed by atoms with Gasteiger partial charge in [0.15, 0.2) is 0 Å². The number of hydrogen-bond donors (Lipinski definition) is 0. The maximum atomic E-state index is 5.53. The molecule has 0 aromatic carbocycles. The summed E-state index contributed by atoms with van der Waals surface area (Å²) in [6.45, 7) is 6.37. The lowest BCUT2D eigenvalue weighted by Crippen LogP contribution is -2.38. The zero-order valence-corrected chi connectivity index (χ0v) is 18.8. The molecule has 6 rings (SSSR count). The Balaban J connectivity index is 1.39. The highest BCUT2D eigenvalue weighted by Gasteiger charge is 2.28. The van der Waals surface area contributed by atoms with Crippen LogP contribution in [0, 0.1) is 0 Å². The molecule has 5 heterocycles. The molecule has 1 aliphatic carbocycles. The molecule has 1 unspecified atom stereocenters. The number of piperidine rings is 1. The van der Waals surface area contributed by atoms with Crippen molar-refractivity contribution in [3.8, 4) is 0 Å². The van der Waals surface area contributed by atoms with Gasteiger partial charge in [0.05, 0.1) is 31.2 Å². The van der Waals surface area contributed by atoms with Crippen molar-refractivity contribution in [2.45, 2.75) is 51.1 Å². The lowest BCUT2D eigenvalue weighted by atomic mass is 9.96. The fraction of sp³-hybridized carbons (Fsp3) is 0.609. The van der Waals surface area contributed by atoms with E-state index < -0.39 is 0 Å². The molecule has 0 amide bonds. The Morgan fingerprint density at radius 3 is 2.84 bits per heavy atom. The minimum absolute atomic E-state index is 0.408. The third-order valence-electron chi connectivity index (χ3n) is 6.91. The molecule has 0 saturated carbocycles. The van der Waals surface area contributed by atoms with Crippen molar-refractivity contribution in [1.82, 2.24) is 24.6 Å². The number of thiophene rings is 1. The van der Waals surface area contributed by atoms with Crippen LogP contribution in [-0.2, 0) is 24.1 Å². The van der Waals surface area contributed by atoms with Crippen molar-refractivity contribution in [1.29, 1.82) is 0 Å². The fourth-order valence-corrected chi connectivity index (χ4v) is 6.57. The molecule has 2 saturated heterocycles. The van der Waals surface area contributed by atoms with Gasteiger partial charge in [-0.25, -0.2) is 9.97 Å². The van der Waals surface area contributed by atoms with Crippen molar-refractivity contribution >= 4 is 27.4 Å². The number of aryl methyl sites for hydroxylation is 2. The first kappa shape index (κ1) is 19.6. The molecule has 2 aliphatic heterocycles. The number of rotatable bonds is 4. The van der Waals surface area contributed by atoms with E-state index in [-0.39, 0.29) is 0 Å². The van der Waals surface area contributed by atoms with Gasteiger partial charge >= 0.3 is 0 Å². The molecule has 3 aromatic heterocycles. The van der Waals surface area contributed by atoms with E-state index in [1.54, 1.807) is 4.88 Å². The minimum atomic E-state index is 0.408. The quantitative estimate of drug-likeness (QED) is 0.622. The van der Waals surface area contributed by atoms with Crippen LogP contribution in [0.15, 0.2) is 18.5 Å². The molecule has 3 aliphatic rings. The van der Waals surface area contributed by atoms with Crippen LogP contribution < -0.4 is 4.90 Å². The Kier molecular flexibility index (Phi) is 5.37. The van der Waals surface area contributed by atoms with E-state index in [4.69, 9.17) is 14.7 Å². The van der Waals surface area contributed by atoms with Gasteiger partial charge in [0.25, 0.3) is 0 Å². The van der Waals surface area contributed by atoms with Crippen LogP contribution in [0.25, 0.3) is 10.2 Å². The van der Waals surface area contributed by atoms with Gasteiger partial charge in [0.2, 0.25) is 0 Å². The summed E-state index contributed by atoms with van der Waals surface area (Å²) < 4.78 is 7.66. The summed E-state index contributed by atoms with van der Waals surface area (Å²) in [5, 5.41) is 5.87. The van der Waals surface area contributed by atoms with E-state index in [2.05, 4.69) is 25.8 Å². The van der Waals surface area contributed by atoms with E-state index in [1.807, 2.05) is 23.6 Å². The van der Waals surface area contributed by atoms with Gasteiger partial charge in [-0.05, 0) is 50.2 Å². The molecular formula is C23H30N6OS. The molecule has 0 N–H and O–H groups in total. The summed E-state index contributed by atoms with van der Waals surface area (Å²) in [6.07, 6.45) is 11.3. The normalized spacial score (nSPS) is 22.7. The van der Waals surface area contributed by atoms with Crippen LogP contribution in [0.3, 0.4) is 0 Å². The van der Waals surface area contributed by atoms with Crippen LogP contribution in [0.2, 0.25) is 0 Å². The summed E-state index contributed by atoms with van der Waals surface area (Å²) in [7, 11) is 0. The van der Waals surface area contributed by atoms with Gasteiger partial charge in [-0.1, -0.05) is 0 Å². The smallest absolute Gasteiger partial charge is 0.146 e. The van der Waals surface area contributed by atoms with Gasteiger partial charge in [0, 0.05) is 43.4 Å². The van der Waals surface area contributed by atoms with Crippen LogP contribution in [0.1, 0.15) is 48.0 Å². The van der Waals surface area contributed by atoms with Gasteiger partial charge in [-0.3, -0.25) is 9.58 Å². The van der Waals surface area contributed by atoms with Crippen molar-refractivity contribution in [2.24, 2.45) is 0 Å². The average Bonchev–Trinajstić information content (AvgIpc) is 3.47. The second-order valence-corrected chi connectivity index (χ2v) is 10.1. The Hall–Kier alpha value is -2.03. The van der Waals surface area contributed by atoms with Crippen LogP contribution in [0.4, 0.5) is 5.82 Å². The molecule has 1 atom stereocenters. The summed E-state index contributed by atoms with van der Waals surface area (Å²) in [5.41, 5.74) is 1.53. The van der Waals surface area contributed by atoms with Crippen molar-refractivity contribution < 1.29 is 4.74 Å². The molecule has 2 fully saturated rings. The maximum absolute atomic E-state index is 5.53. The standard InChI is InChI=1S/C23H30N6OS/c1-2-7-19-18(6-1)21-22(28-9-3-5-17(15-28)29-10-4-8-24-29)25-20(26-23(21)31-19)16-27-11-13-30-14-12-27/h4,8,10,17H,1-3,5-7,9,11-16H2. The largest absolute Gasteiger partial charge is 0.379 e. The lowest BCUT2D eigenvalue weighted by Gasteiger charge is -2.34. The van der Waals surface area contributed by atoms with E-state index in [0.717, 1.165) is 51.8 Å². The van der Waals surface area contributed by atoms with E-state index in [0.29, 0.717) is 6.04 Å². The molecule has 7 nitrogen and oxygen atoms in total. The van der Waals surface area contributed by atoms with Gasteiger partial charge in [-0.15, -0.1) is 11.3 Å². The third kappa shape index (κ3) is 3.85. The minimum Gasteiger partial charge on any atom is -0.379 e. The number of hydrogen-bond acceptors (Lipinski definition) is 7. The lowest BCUT2D eigenvalue weighted by molar-refractivity contribution is 0.0331. The Morgan fingerprint density at radius 2 is 1.97 bits per heavy atom. The molecule has 164 valence electrons. The van der Waals surface area contributed by atoms with Gasteiger partial charge < -0.3 is 9.64 Å². The molecule has 0 bridgehead atoms. The second-order valence-electron chi connectivity index (χ2n) is 8.97. The van der Waals surface area contributed by atoms with Gasteiger partial charge in [-0.2, -0.15) is 5.10 Å². The molecule has 0 spiro atoms. The second kappa shape index (κ2) is 8.48. The summed E-state index contributed by atoms with van der Waals surface area (Å²) in [6, 6.07) is 2.43. The average molecular weight is 439 g/mol. The SMILES string of the molecule is c1cnn(C2CCCN(c3nc(CN4CCOCC4)nc4sc5c(c34)CCCC5)C2)c1. The monoisotopic (exact) mass is 438 g/mol. The predicted molar refractivity (Wildman–Crippen MR) is 123 cm³/mol. The first-order chi connectivity index (χ1) is 15.3. The Morgan fingerprint density at radius 1 is 1.06 bits per heavy atom. The summed E-state index contributed by atoms with van der Waals surface area (Å²) in [5.74, 6) is 2.13. The molecule has 0 radical (unpaired) electrons. The fourth-order valence-electron chi connectivity index (χ4n) is 5.30. The third-order valence-corrected chi connectivity index (χ3v) is 8.09. The Bertz CT molecular complexity index is 1040. The number of morpholine rings is 1. The van der Waals surface area contributed by atoms with E-state index in [1.165, 1.54) is 60.1 Å². The Labute approximate surface area is 187 Å². The topological polar surface area (TPSA) is 59.3 Å². The number of nitrogens with zero attached hydrogens (tertiary/aromatic N) is 6. The molecule has 8 heteroatoms. The highest BCUT2D eigenvalue weighted by molar-refractivity contribution is 7.19. The summed E-state index contributed by atoms with van der Waals surface area (Å²) >= 11 is 1.91. The first-order valence-electron chi connectivity index (χ1n) is 11.7. The summed E-state index contributed by atoms with van der Waals surface area (Å²) in [4.78, 5) is 18.0. The number of aromatic nitrogens is 4.